The monoisotopic (exact) mass is 292 g/mol. The molecule has 21 heavy (non-hydrogen) atoms. The lowest BCUT2D eigenvalue weighted by molar-refractivity contribution is 0.0798. The predicted molar refractivity (Wildman–Crippen MR) is 86.9 cm³/mol. The number of rotatable bonds is 10. The van der Waals surface area contributed by atoms with Crippen LogP contribution in [0, 0.1) is 0 Å². The van der Waals surface area contributed by atoms with E-state index in [1.54, 1.807) is 0 Å². The highest BCUT2D eigenvalue weighted by atomic mass is 16.5. The van der Waals surface area contributed by atoms with Gasteiger partial charge in [0.1, 0.15) is 0 Å². The van der Waals surface area contributed by atoms with Crippen LogP contribution in [0.1, 0.15) is 25.0 Å². The molecular weight excluding hydrogens is 264 g/mol. The number of ether oxygens (including phenoxy) is 2. The molecule has 0 saturated heterocycles. The molecule has 0 atom stereocenters. The number of hydrogen-bond donors (Lipinski definition) is 1. The summed E-state index contributed by atoms with van der Waals surface area (Å²) in [7, 11) is 0. The number of fused-ring (bicyclic) bond motifs is 1. The van der Waals surface area contributed by atoms with E-state index in [-0.39, 0.29) is 0 Å². The molecule has 0 amide bonds. The Morgan fingerprint density at radius 1 is 1.10 bits per heavy atom. The Morgan fingerprint density at radius 2 is 1.81 bits per heavy atom. The van der Waals surface area contributed by atoms with E-state index < -0.39 is 0 Å². The molecule has 1 heterocycles. The molecule has 4 heteroatoms. The van der Waals surface area contributed by atoms with Crippen molar-refractivity contribution in [1.29, 1.82) is 0 Å². The molecule has 118 valence electrons. The third kappa shape index (κ3) is 5.30. The van der Waals surface area contributed by atoms with Crippen LogP contribution in [0.5, 0.6) is 0 Å². The second-order valence-electron chi connectivity index (χ2n) is 5.34. The lowest BCUT2D eigenvalue weighted by atomic mass is 10.1. The zero-order valence-electron chi connectivity index (χ0n) is 13.4. The van der Waals surface area contributed by atoms with Gasteiger partial charge in [-0.15, -0.1) is 0 Å². The van der Waals surface area contributed by atoms with E-state index in [1.807, 2.05) is 13.8 Å². The van der Waals surface area contributed by atoms with Crippen LogP contribution in [0.25, 0.3) is 0 Å². The van der Waals surface area contributed by atoms with Crippen molar-refractivity contribution in [2.24, 2.45) is 0 Å². The van der Waals surface area contributed by atoms with Crippen LogP contribution in [-0.2, 0) is 22.4 Å². The number of nitrogens with zero attached hydrogens (tertiary/aromatic N) is 1. The van der Waals surface area contributed by atoms with Crippen LogP contribution in [0.4, 0.5) is 5.69 Å². The summed E-state index contributed by atoms with van der Waals surface area (Å²) >= 11 is 0. The largest absolute Gasteiger partial charge is 0.384 e. The van der Waals surface area contributed by atoms with Crippen molar-refractivity contribution in [3.05, 3.63) is 29.3 Å². The van der Waals surface area contributed by atoms with E-state index in [1.165, 1.54) is 16.8 Å². The molecule has 0 aliphatic carbocycles. The van der Waals surface area contributed by atoms with Crippen molar-refractivity contribution < 1.29 is 9.47 Å². The molecule has 0 saturated carbocycles. The molecule has 0 fully saturated rings. The van der Waals surface area contributed by atoms with Gasteiger partial charge in [0.05, 0.1) is 13.2 Å². The molecule has 2 rings (SSSR count). The van der Waals surface area contributed by atoms with Crippen molar-refractivity contribution in [3.8, 4) is 0 Å². The van der Waals surface area contributed by atoms with Gasteiger partial charge in [-0.1, -0.05) is 12.1 Å². The van der Waals surface area contributed by atoms with Crippen LogP contribution in [0.3, 0.4) is 0 Å². The Balaban J connectivity index is 1.89. The fraction of sp³-hybridized carbons (Fsp3) is 0.647. The van der Waals surface area contributed by atoms with Gasteiger partial charge >= 0.3 is 0 Å². The topological polar surface area (TPSA) is 33.7 Å². The molecule has 1 aliphatic heterocycles. The quantitative estimate of drug-likeness (QED) is 0.672. The van der Waals surface area contributed by atoms with Crippen LogP contribution >= 0.6 is 0 Å². The summed E-state index contributed by atoms with van der Waals surface area (Å²) in [6, 6.07) is 6.80. The van der Waals surface area contributed by atoms with Crippen molar-refractivity contribution in [1.82, 2.24) is 4.90 Å². The molecule has 0 unspecified atom stereocenters. The van der Waals surface area contributed by atoms with Gasteiger partial charge in [-0.05, 0) is 37.5 Å². The van der Waals surface area contributed by atoms with Gasteiger partial charge in [0.25, 0.3) is 0 Å². The summed E-state index contributed by atoms with van der Waals surface area (Å²) in [4.78, 5) is 2.40. The molecule has 0 radical (unpaired) electrons. The Bertz CT molecular complexity index is 413. The average molecular weight is 292 g/mol. The second kappa shape index (κ2) is 9.03. The number of benzene rings is 1. The third-order valence-corrected chi connectivity index (χ3v) is 3.80. The number of nitrogens with one attached hydrogen (secondary N) is 1. The van der Waals surface area contributed by atoms with E-state index in [2.05, 4.69) is 28.4 Å². The smallest absolute Gasteiger partial charge is 0.0593 e. The van der Waals surface area contributed by atoms with Crippen LogP contribution in [0.15, 0.2) is 18.2 Å². The highest BCUT2D eigenvalue weighted by Crippen LogP contribution is 2.23. The molecule has 1 N–H and O–H groups in total. The highest BCUT2D eigenvalue weighted by Gasteiger charge is 2.12. The summed E-state index contributed by atoms with van der Waals surface area (Å²) in [6.45, 7) is 11.1. The molecule has 0 aromatic heterocycles. The van der Waals surface area contributed by atoms with Gasteiger partial charge < -0.3 is 14.8 Å². The maximum absolute atomic E-state index is 5.49. The van der Waals surface area contributed by atoms with Crippen LogP contribution in [0.2, 0.25) is 0 Å². The van der Waals surface area contributed by atoms with E-state index in [0.717, 1.165) is 59.0 Å². The van der Waals surface area contributed by atoms with Crippen molar-refractivity contribution in [3.63, 3.8) is 0 Å². The minimum absolute atomic E-state index is 0.780. The van der Waals surface area contributed by atoms with E-state index in [4.69, 9.17) is 9.47 Å². The lowest BCUT2D eigenvalue weighted by Gasteiger charge is -2.22. The molecule has 1 aliphatic rings. The first-order valence-corrected chi connectivity index (χ1v) is 8.07. The Kier molecular flexibility index (Phi) is 7.00. The minimum atomic E-state index is 0.780. The lowest BCUT2D eigenvalue weighted by Crippen LogP contribution is -2.30. The summed E-state index contributed by atoms with van der Waals surface area (Å²) < 4.78 is 11.0. The second-order valence-corrected chi connectivity index (χ2v) is 5.34. The molecule has 1 aromatic rings. The molecule has 1 aromatic carbocycles. The van der Waals surface area contributed by atoms with E-state index >= 15 is 0 Å². The highest BCUT2D eigenvalue weighted by molar-refractivity contribution is 5.56. The van der Waals surface area contributed by atoms with Gasteiger partial charge in [-0.25, -0.2) is 0 Å². The fourth-order valence-electron chi connectivity index (χ4n) is 2.64. The standard InChI is InChI=1S/C17H28N2O2/c1-3-20-11-9-19(10-12-21-4-2)14-15-5-6-16-7-8-18-17(16)13-15/h5-6,13,18H,3-4,7-12,14H2,1-2H3. The maximum Gasteiger partial charge on any atom is 0.0593 e. The minimum Gasteiger partial charge on any atom is -0.384 e. The summed E-state index contributed by atoms with van der Waals surface area (Å²) in [5.74, 6) is 0. The van der Waals surface area contributed by atoms with Crippen LogP contribution < -0.4 is 5.32 Å². The van der Waals surface area contributed by atoms with Gasteiger partial charge in [-0.3, -0.25) is 4.90 Å². The van der Waals surface area contributed by atoms with E-state index in [9.17, 15) is 0 Å². The molecular formula is C17H28N2O2. The van der Waals surface area contributed by atoms with E-state index in [0.29, 0.717) is 0 Å². The summed E-state index contributed by atoms with van der Waals surface area (Å²) in [5, 5.41) is 3.45. The van der Waals surface area contributed by atoms with Gasteiger partial charge in [0, 0.05) is 45.1 Å². The molecule has 4 nitrogen and oxygen atoms in total. The average Bonchev–Trinajstić information content (AvgIpc) is 2.95. The Hall–Kier alpha value is -1.10. The fourth-order valence-corrected chi connectivity index (χ4v) is 2.64. The van der Waals surface area contributed by atoms with Crippen molar-refractivity contribution >= 4 is 5.69 Å². The zero-order chi connectivity index (χ0) is 14.9. The Labute approximate surface area is 128 Å². The van der Waals surface area contributed by atoms with Crippen LogP contribution in [-0.4, -0.2) is 51.0 Å². The number of anilines is 1. The van der Waals surface area contributed by atoms with Gasteiger partial charge in [0.2, 0.25) is 0 Å². The zero-order valence-corrected chi connectivity index (χ0v) is 13.4. The predicted octanol–water partition coefficient (Wildman–Crippen LogP) is 2.53. The van der Waals surface area contributed by atoms with Crippen molar-refractivity contribution in [2.45, 2.75) is 26.8 Å². The van der Waals surface area contributed by atoms with Gasteiger partial charge in [0.15, 0.2) is 0 Å². The summed E-state index contributed by atoms with van der Waals surface area (Å²) in [5.41, 5.74) is 4.10. The van der Waals surface area contributed by atoms with Crippen molar-refractivity contribution in [2.75, 3.05) is 51.4 Å². The normalized spacial score (nSPS) is 13.5. The third-order valence-electron chi connectivity index (χ3n) is 3.80. The summed E-state index contributed by atoms with van der Waals surface area (Å²) in [6.07, 6.45) is 1.15. The molecule has 0 spiro atoms. The SMILES string of the molecule is CCOCCN(CCOCC)Cc1ccc2c(c1)NCC2. The first-order valence-electron chi connectivity index (χ1n) is 8.07. The number of hydrogen-bond acceptors (Lipinski definition) is 4. The first kappa shape index (κ1) is 16.3. The van der Waals surface area contributed by atoms with Gasteiger partial charge in [-0.2, -0.15) is 0 Å². The first-order chi connectivity index (χ1) is 10.3. The molecule has 0 bridgehead atoms. The Morgan fingerprint density at radius 3 is 2.48 bits per heavy atom. The maximum atomic E-state index is 5.49.